The lowest BCUT2D eigenvalue weighted by Gasteiger charge is -2.36. The molecule has 0 amide bonds. The predicted molar refractivity (Wildman–Crippen MR) is 71.4 cm³/mol. The van der Waals surface area contributed by atoms with Gasteiger partial charge in [0.1, 0.15) is 5.82 Å². The molecule has 0 spiro atoms. The van der Waals surface area contributed by atoms with Crippen molar-refractivity contribution in [3.8, 4) is 0 Å². The topological polar surface area (TPSA) is 33.1 Å². The number of aryl methyl sites for hydroxylation is 2. The van der Waals surface area contributed by atoms with Crippen LogP contribution < -0.4 is 10.2 Å². The van der Waals surface area contributed by atoms with Crippen molar-refractivity contribution in [1.82, 2.24) is 15.1 Å². The summed E-state index contributed by atoms with van der Waals surface area (Å²) in [5.74, 6) is 1.29. The molecule has 1 aromatic heterocycles. The molecule has 0 aromatic carbocycles. The molecule has 17 heavy (non-hydrogen) atoms. The molecule has 4 nitrogen and oxygen atoms in total. The largest absolute Gasteiger partial charge is 0.357 e. The van der Waals surface area contributed by atoms with Gasteiger partial charge in [-0.2, -0.15) is 5.10 Å². The van der Waals surface area contributed by atoms with E-state index in [-0.39, 0.29) is 0 Å². The molecular weight excluding hydrogens is 212 g/mol. The van der Waals surface area contributed by atoms with Gasteiger partial charge in [0.15, 0.2) is 0 Å². The van der Waals surface area contributed by atoms with E-state index in [0.717, 1.165) is 18.8 Å². The first kappa shape index (κ1) is 12.4. The highest BCUT2D eigenvalue weighted by Gasteiger charge is 2.26. The second-order valence-electron chi connectivity index (χ2n) is 4.99. The molecule has 0 radical (unpaired) electrons. The van der Waals surface area contributed by atoms with Crippen LogP contribution in [0.2, 0.25) is 0 Å². The third kappa shape index (κ3) is 2.32. The van der Waals surface area contributed by atoms with E-state index in [1.165, 1.54) is 30.6 Å². The summed E-state index contributed by atoms with van der Waals surface area (Å²) >= 11 is 0. The van der Waals surface area contributed by atoms with Crippen molar-refractivity contribution in [1.29, 1.82) is 0 Å². The van der Waals surface area contributed by atoms with Crippen LogP contribution in [0.25, 0.3) is 0 Å². The van der Waals surface area contributed by atoms with Crippen LogP contribution in [-0.2, 0) is 13.6 Å². The zero-order valence-electron chi connectivity index (χ0n) is 11.5. The maximum Gasteiger partial charge on any atom is 0.131 e. The first-order valence-electron chi connectivity index (χ1n) is 6.61. The normalized spacial score (nSPS) is 16.0. The molecule has 0 saturated heterocycles. The molecule has 96 valence electrons. The van der Waals surface area contributed by atoms with Crippen molar-refractivity contribution in [3.63, 3.8) is 0 Å². The van der Waals surface area contributed by atoms with Gasteiger partial charge in [-0.05, 0) is 32.7 Å². The summed E-state index contributed by atoms with van der Waals surface area (Å²) < 4.78 is 2.03. The number of hydrogen-bond donors (Lipinski definition) is 1. The van der Waals surface area contributed by atoms with Gasteiger partial charge in [0.25, 0.3) is 0 Å². The number of nitrogens with one attached hydrogen (secondary N) is 1. The molecule has 1 saturated carbocycles. The third-order valence-corrected chi connectivity index (χ3v) is 3.82. The summed E-state index contributed by atoms with van der Waals surface area (Å²) in [5.41, 5.74) is 2.50. The molecule has 1 aliphatic rings. The summed E-state index contributed by atoms with van der Waals surface area (Å²) in [4.78, 5) is 2.41. The van der Waals surface area contributed by atoms with E-state index in [4.69, 9.17) is 0 Å². The number of rotatable bonds is 5. The monoisotopic (exact) mass is 236 g/mol. The maximum absolute atomic E-state index is 4.56. The average molecular weight is 236 g/mol. The summed E-state index contributed by atoms with van der Waals surface area (Å²) in [6.07, 6.45) is 4.01. The van der Waals surface area contributed by atoms with Gasteiger partial charge in [-0.1, -0.05) is 6.92 Å². The molecular formula is C13H24N4. The maximum atomic E-state index is 4.56. The third-order valence-electron chi connectivity index (χ3n) is 3.82. The molecule has 0 aliphatic heterocycles. The highest BCUT2D eigenvalue weighted by atomic mass is 15.4. The summed E-state index contributed by atoms with van der Waals surface area (Å²) in [6, 6.07) is 0.713. The van der Waals surface area contributed by atoms with E-state index in [9.17, 15) is 0 Å². The first-order valence-corrected chi connectivity index (χ1v) is 6.61. The van der Waals surface area contributed by atoms with Crippen molar-refractivity contribution in [2.45, 2.75) is 45.7 Å². The van der Waals surface area contributed by atoms with Crippen LogP contribution in [0.4, 0.5) is 5.82 Å². The van der Waals surface area contributed by atoms with Gasteiger partial charge in [0.05, 0.1) is 5.69 Å². The van der Waals surface area contributed by atoms with E-state index in [2.05, 4.69) is 36.2 Å². The molecule has 0 atom stereocenters. The summed E-state index contributed by atoms with van der Waals surface area (Å²) in [7, 11) is 4.25. The Hall–Kier alpha value is -1.03. The van der Waals surface area contributed by atoms with Gasteiger partial charge < -0.3 is 10.2 Å². The molecule has 0 unspecified atom stereocenters. The Balaban J connectivity index is 2.23. The van der Waals surface area contributed by atoms with Crippen molar-refractivity contribution < 1.29 is 0 Å². The Kier molecular flexibility index (Phi) is 3.72. The highest BCUT2D eigenvalue weighted by Crippen LogP contribution is 2.31. The minimum Gasteiger partial charge on any atom is -0.357 e. The van der Waals surface area contributed by atoms with Crippen LogP contribution in [0.5, 0.6) is 0 Å². The molecule has 2 rings (SSSR count). The molecule has 1 fully saturated rings. The lowest BCUT2D eigenvalue weighted by atomic mass is 9.91. The van der Waals surface area contributed by atoms with E-state index in [1.807, 2.05) is 11.7 Å². The Morgan fingerprint density at radius 1 is 1.47 bits per heavy atom. The van der Waals surface area contributed by atoms with Gasteiger partial charge >= 0.3 is 0 Å². The molecule has 1 N–H and O–H groups in total. The summed E-state index contributed by atoms with van der Waals surface area (Å²) in [6.45, 7) is 6.16. The Morgan fingerprint density at radius 2 is 2.18 bits per heavy atom. The fourth-order valence-electron chi connectivity index (χ4n) is 2.53. The van der Waals surface area contributed by atoms with Crippen molar-refractivity contribution >= 4 is 5.82 Å². The smallest absolute Gasteiger partial charge is 0.131 e. The minimum absolute atomic E-state index is 0.713. The Bertz CT molecular complexity index is 379. The molecule has 1 aromatic rings. The molecule has 4 heteroatoms. The van der Waals surface area contributed by atoms with E-state index in [1.54, 1.807) is 0 Å². The zero-order valence-corrected chi connectivity index (χ0v) is 11.5. The standard InChI is InChI=1S/C13H24N4/c1-5-14-9-12-10(2)15-17(4)13(12)16(3)11-7-6-8-11/h11,14H,5-9H2,1-4H3. The lowest BCUT2D eigenvalue weighted by Crippen LogP contribution is -2.39. The van der Waals surface area contributed by atoms with Crippen LogP contribution in [0, 0.1) is 6.92 Å². The Morgan fingerprint density at radius 3 is 2.71 bits per heavy atom. The van der Waals surface area contributed by atoms with E-state index >= 15 is 0 Å². The second kappa shape index (κ2) is 5.08. The van der Waals surface area contributed by atoms with Gasteiger partial charge in [0, 0.05) is 32.2 Å². The average Bonchev–Trinajstić information content (AvgIpc) is 2.47. The quantitative estimate of drug-likeness (QED) is 0.846. The number of aromatic nitrogens is 2. The fourth-order valence-corrected chi connectivity index (χ4v) is 2.53. The van der Waals surface area contributed by atoms with Gasteiger partial charge in [0.2, 0.25) is 0 Å². The molecule has 1 aliphatic carbocycles. The van der Waals surface area contributed by atoms with Gasteiger partial charge in [-0.25, -0.2) is 0 Å². The Labute approximate surface area is 104 Å². The van der Waals surface area contributed by atoms with Crippen LogP contribution >= 0.6 is 0 Å². The fraction of sp³-hybridized carbons (Fsp3) is 0.769. The van der Waals surface area contributed by atoms with Crippen LogP contribution in [-0.4, -0.2) is 29.4 Å². The van der Waals surface area contributed by atoms with E-state index < -0.39 is 0 Å². The van der Waals surface area contributed by atoms with E-state index in [0.29, 0.717) is 6.04 Å². The van der Waals surface area contributed by atoms with Crippen molar-refractivity contribution in [3.05, 3.63) is 11.3 Å². The van der Waals surface area contributed by atoms with Crippen molar-refractivity contribution in [2.75, 3.05) is 18.5 Å². The second-order valence-corrected chi connectivity index (χ2v) is 4.99. The minimum atomic E-state index is 0.713. The van der Waals surface area contributed by atoms with Gasteiger partial charge in [-0.15, -0.1) is 0 Å². The molecule has 0 bridgehead atoms. The number of hydrogen-bond acceptors (Lipinski definition) is 3. The summed E-state index contributed by atoms with van der Waals surface area (Å²) in [5, 5.41) is 7.97. The first-order chi connectivity index (χ1) is 8.15. The van der Waals surface area contributed by atoms with Crippen molar-refractivity contribution in [2.24, 2.45) is 7.05 Å². The lowest BCUT2D eigenvalue weighted by molar-refractivity contribution is 0.395. The SMILES string of the molecule is CCNCc1c(C)nn(C)c1N(C)C1CCC1. The van der Waals surface area contributed by atoms with Crippen LogP contribution in [0.1, 0.15) is 37.4 Å². The number of anilines is 1. The molecule has 1 heterocycles. The zero-order chi connectivity index (χ0) is 12.4. The van der Waals surface area contributed by atoms with Crippen LogP contribution in [0.3, 0.4) is 0 Å². The predicted octanol–water partition coefficient (Wildman–Crippen LogP) is 1.83. The number of nitrogens with zero attached hydrogens (tertiary/aromatic N) is 3. The van der Waals surface area contributed by atoms with Crippen LogP contribution in [0.15, 0.2) is 0 Å². The highest BCUT2D eigenvalue weighted by molar-refractivity contribution is 5.50. The van der Waals surface area contributed by atoms with Gasteiger partial charge in [-0.3, -0.25) is 4.68 Å².